The standard InChI is InChI=1S/C14H14F7NO/c1-2-23-11(10(8-22)9-6-4-3-5-7-9)12(15,16)13(17,18)14(19,20)21/h6H,2-5,7H2,1H3/b11-10-. The molecule has 1 aliphatic rings. The molecule has 0 aromatic carbocycles. The summed E-state index contributed by atoms with van der Waals surface area (Å²) in [5, 5.41) is 9.02. The van der Waals surface area contributed by atoms with Gasteiger partial charge < -0.3 is 4.74 Å². The van der Waals surface area contributed by atoms with Crippen LogP contribution in [0.4, 0.5) is 30.7 Å². The maximum atomic E-state index is 13.9. The lowest BCUT2D eigenvalue weighted by atomic mass is 9.91. The highest BCUT2D eigenvalue weighted by Crippen LogP contribution is 2.51. The molecule has 0 heterocycles. The normalized spacial score (nSPS) is 18.0. The third-order valence-electron chi connectivity index (χ3n) is 3.28. The monoisotopic (exact) mass is 345 g/mol. The number of nitrogens with zero attached hydrogens (tertiary/aromatic N) is 1. The molecule has 2 nitrogen and oxygen atoms in total. The maximum Gasteiger partial charge on any atom is 0.460 e. The van der Waals surface area contributed by atoms with Gasteiger partial charge in [0.2, 0.25) is 0 Å². The number of alkyl halides is 7. The SMILES string of the molecule is CCO/C(=C(/C#N)C1=CCCCC1)C(F)(F)C(F)(F)C(F)(F)F. The van der Waals surface area contributed by atoms with E-state index in [1.165, 1.54) is 12.1 Å². The molecule has 0 saturated heterocycles. The summed E-state index contributed by atoms with van der Waals surface area (Å²) in [4.78, 5) is 0. The zero-order valence-electron chi connectivity index (χ0n) is 12.1. The molecule has 9 heteroatoms. The van der Waals surface area contributed by atoms with Crippen molar-refractivity contribution in [3.05, 3.63) is 23.0 Å². The summed E-state index contributed by atoms with van der Waals surface area (Å²) in [6, 6.07) is 1.29. The Balaban J connectivity index is 3.52. The molecular formula is C14H14F7NO. The highest BCUT2D eigenvalue weighted by molar-refractivity contribution is 5.47. The number of hydrogen-bond donors (Lipinski definition) is 0. The molecule has 0 fully saturated rings. The molecule has 0 aromatic rings. The van der Waals surface area contributed by atoms with Gasteiger partial charge in [0.1, 0.15) is 6.07 Å². The molecule has 0 bridgehead atoms. The zero-order valence-corrected chi connectivity index (χ0v) is 12.1. The van der Waals surface area contributed by atoms with Crippen molar-refractivity contribution in [3.63, 3.8) is 0 Å². The Morgan fingerprint density at radius 3 is 2.17 bits per heavy atom. The molecule has 0 aliphatic heterocycles. The van der Waals surface area contributed by atoms with E-state index in [9.17, 15) is 30.7 Å². The van der Waals surface area contributed by atoms with Crippen LogP contribution in [0.25, 0.3) is 0 Å². The van der Waals surface area contributed by atoms with Crippen LogP contribution in [0.1, 0.15) is 32.6 Å². The lowest BCUT2D eigenvalue weighted by Crippen LogP contribution is -2.53. The summed E-state index contributed by atoms with van der Waals surface area (Å²) in [6.45, 7) is 0.559. The molecule has 0 N–H and O–H groups in total. The fourth-order valence-electron chi connectivity index (χ4n) is 2.12. The van der Waals surface area contributed by atoms with Crippen LogP contribution in [0.2, 0.25) is 0 Å². The van der Waals surface area contributed by atoms with Gasteiger partial charge in [0, 0.05) is 0 Å². The smallest absolute Gasteiger partial charge is 0.460 e. The van der Waals surface area contributed by atoms with Gasteiger partial charge in [0.25, 0.3) is 0 Å². The Labute approximate surface area is 128 Å². The fourth-order valence-corrected chi connectivity index (χ4v) is 2.12. The quantitative estimate of drug-likeness (QED) is 0.393. The molecule has 0 unspecified atom stereocenters. The van der Waals surface area contributed by atoms with Crippen molar-refractivity contribution in [2.24, 2.45) is 0 Å². The molecule has 23 heavy (non-hydrogen) atoms. The van der Waals surface area contributed by atoms with Crippen LogP contribution in [0.3, 0.4) is 0 Å². The lowest BCUT2D eigenvalue weighted by Gasteiger charge is -2.30. The third-order valence-corrected chi connectivity index (χ3v) is 3.28. The average Bonchev–Trinajstić information content (AvgIpc) is 2.47. The Kier molecular flexibility index (Phi) is 5.72. The van der Waals surface area contributed by atoms with Crippen molar-refractivity contribution in [1.82, 2.24) is 0 Å². The van der Waals surface area contributed by atoms with Gasteiger partial charge in [-0.1, -0.05) is 6.08 Å². The van der Waals surface area contributed by atoms with E-state index in [0.29, 0.717) is 19.3 Å². The van der Waals surface area contributed by atoms with Gasteiger partial charge in [-0.25, -0.2) is 0 Å². The van der Waals surface area contributed by atoms with E-state index < -0.39 is 36.0 Å². The van der Waals surface area contributed by atoms with E-state index in [-0.39, 0.29) is 12.0 Å². The summed E-state index contributed by atoms with van der Waals surface area (Å²) in [7, 11) is 0. The largest absolute Gasteiger partial charge is 0.490 e. The number of allylic oxidation sites excluding steroid dienone is 4. The van der Waals surface area contributed by atoms with Gasteiger partial charge in [0.15, 0.2) is 5.76 Å². The number of ether oxygens (including phenoxy) is 1. The second kappa shape index (κ2) is 6.81. The highest BCUT2D eigenvalue weighted by atomic mass is 19.4. The van der Waals surface area contributed by atoms with Crippen molar-refractivity contribution in [1.29, 1.82) is 5.26 Å². The van der Waals surface area contributed by atoms with Crippen LogP contribution < -0.4 is 0 Å². The van der Waals surface area contributed by atoms with Crippen LogP contribution in [0, 0.1) is 11.3 Å². The lowest BCUT2D eigenvalue weighted by molar-refractivity contribution is -0.350. The minimum absolute atomic E-state index is 0.000139. The minimum Gasteiger partial charge on any atom is -0.490 e. The molecule has 130 valence electrons. The summed E-state index contributed by atoms with van der Waals surface area (Å²) >= 11 is 0. The number of hydrogen-bond acceptors (Lipinski definition) is 2. The van der Waals surface area contributed by atoms with Crippen LogP contribution >= 0.6 is 0 Å². The van der Waals surface area contributed by atoms with Gasteiger partial charge in [-0.05, 0) is 38.2 Å². The molecule has 1 aliphatic carbocycles. The van der Waals surface area contributed by atoms with Crippen LogP contribution in [-0.4, -0.2) is 24.6 Å². The van der Waals surface area contributed by atoms with Crippen LogP contribution in [0.15, 0.2) is 23.0 Å². The Bertz CT molecular complexity index is 540. The fraction of sp³-hybridized carbons (Fsp3) is 0.643. The van der Waals surface area contributed by atoms with E-state index in [4.69, 9.17) is 5.26 Å². The molecule has 0 saturated carbocycles. The Morgan fingerprint density at radius 2 is 1.78 bits per heavy atom. The Morgan fingerprint density at radius 1 is 1.17 bits per heavy atom. The van der Waals surface area contributed by atoms with E-state index in [0.717, 1.165) is 6.92 Å². The summed E-state index contributed by atoms with van der Waals surface area (Å²) in [5.74, 6) is -14.0. The number of halogens is 7. The van der Waals surface area contributed by atoms with E-state index >= 15 is 0 Å². The summed E-state index contributed by atoms with van der Waals surface area (Å²) in [6.07, 6.45) is -3.34. The highest BCUT2D eigenvalue weighted by Gasteiger charge is 2.75. The average molecular weight is 345 g/mol. The first-order valence-corrected chi connectivity index (χ1v) is 6.80. The molecular weight excluding hydrogens is 331 g/mol. The molecule has 0 amide bonds. The second-order valence-corrected chi connectivity index (χ2v) is 4.87. The van der Waals surface area contributed by atoms with Gasteiger partial charge in [-0.2, -0.15) is 36.0 Å². The summed E-state index contributed by atoms with van der Waals surface area (Å²) < 4.78 is 95.7. The van der Waals surface area contributed by atoms with Gasteiger partial charge in [-0.15, -0.1) is 0 Å². The van der Waals surface area contributed by atoms with Crippen molar-refractivity contribution < 1.29 is 35.5 Å². The van der Waals surface area contributed by atoms with E-state index in [1.807, 2.05) is 0 Å². The molecule has 0 atom stereocenters. The first kappa shape index (κ1) is 19.3. The van der Waals surface area contributed by atoms with Crippen LogP contribution in [0.5, 0.6) is 0 Å². The first-order chi connectivity index (χ1) is 10.5. The van der Waals surface area contributed by atoms with E-state index in [1.54, 1.807) is 0 Å². The van der Waals surface area contributed by atoms with Gasteiger partial charge in [0.05, 0.1) is 12.2 Å². The predicted molar refractivity (Wildman–Crippen MR) is 66.8 cm³/mol. The zero-order chi connectivity index (χ0) is 17.9. The molecule has 0 spiro atoms. The van der Waals surface area contributed by atoms with Gasteiger partial charge >= 0.3 is 18.0 Å². The maximum absolute atomic E-state index is 13.9. The van der Waals surface area contributed by atoms with Gasteiger partial charge in [-0.3, -0.25) is 0 Å². The summed E-state index contributed by atoms with van der Waals surface area (Å²) in [5.41, 5.74) is -0.958. The third kappa shape index (κ3) is 3.62. The second-order valence-electron chi connectivity index (χ2n) is 4.87. The Hall–Kier alpha value is -1.72. The van der Waals surface area contributed by atoms with Crippen molar-refractivity contribution in [3.8, 4) is 6.07 Å². The number of nitriles is 1. The molecule has 0 radical (unpaired) electrons. The predicted octanol–water partition coefficient (Wildman–Crippen LogP) is 5.13. The minimum atomic E-state index is -6.49. The van der Waals surface area contributed by atoms with Crippen molar-refractivity contribution in [2.45, 2.75) is 50.6 Å². The first-order valence-electron chi connectivity index (χ1n) is 6.80. The van der Waals surface area contributed by atoms with Crippen molar-refractivity contribution in [2.75, 3.05) is 6.61 Å². The van der Waals surface area contributed by atoms with Crippen LogP contribution in [-0.2, 0) is 4.74 Å². The molecule has 0 aromatic heterocycles. The molecule has 1 rings (SSSR count). The van der Waals surface area contributed by atoms with E-state index in [2.05, 4.69) is 4.74 Å². The number of rotatable bonds is 5. The topological polar surface area (TPSA) is 33.0 Å². The van der Waals surface area contributed by atoms with Crippen molar-refractivity contribution >= 4 is 0 Å².